The lowest BCUT2D eigenvalue weighted by atomic mass is 10.1. The fourth-order valence-electron chi connectivity index (χ4n) is 1.42. The molecule has 86 valence electrons. The molecule has 0 spiro atoms. The third-order valence-electron chi connectivity index (χ3n) is 2.08. The van der Waals surface area contributed by atoms with Crippen molar-refractivity contribution in [2.24, 2.45) is 0 Å². The first kappa shape index (κ1) is 12.0. The predicted octanol–water partition coefficient (Wildman–Crippen LogP) is 2.26. The Labute approximate surface area is 93.4 Å². The Balaban J connectivity index is 3.15. The molecular weight excluding hydrogens is 210 g/mol. The zero-order valence-corrected chi connectivity index (χ0v) is 9.39. The highest BCUT2D eigenvalue weighted by Gasteiger charge is 2.08. The number of methoxy groups -OCH3 is 2. The van der Waals surface area contributed by atoms with Crippen LogP contribution in [0.1, 0.15) is 11.1 Å². The summed E-state index contributed by atoms with van der Waals surface area (Å²) in [5.41, 5.74) is 1.57. The lowest BCUT2D eigenvalue weighted by molar-refractivity contribution is -0.400. The number of rotatable bonds is 4. The number of benzene rings is 1. The fraction of sp³-hybridized carbons (Fsp3) is 0.273. The summed E-state index contributed by atoms with van der Waals surface area (Å²) in [4.78, 5) is 9.69. The average Bonchev–Trinajstić information content (AvgIpc) is 2.25. The number of nitrogens with zero attached hydrogens (tertiary/aromatic N) is 1. The van der Waals surface area contributed by atoms with Gasteiger partial charge >= 0.3 is 0 Å². The number of ether oxygens (including phenoxy) is 2. The first-order chi connectivity index (χ1) is 7.58. The minimum atomic E-state index is -0.508. The van der Waals surface area contributed by atoms with Crippen molar-refractivity contribution in [2.75, 3.05) is 14.2 Å². The molecule has 0 radical (unpaired) electrons. The van der Waals surface area contributed by atoms with E-state index in [0.29, 0.717) is 17.1 Å². The summed E-state index contributed by atoms with van der Waals surface area (Å²) in [6.45, 7) is 1.85. The average molecular weight is 223 g/mol. The third-order valence-corrected chi connectivity index (χ3v) is 2.08. The molecule has 0 aliphatic rings. The quantitative estimate of drug-likeness (QED) is 0.580. The van der Waals surface area contributed by atoms with Gasteiger partial charge in [0.05, 0.1) is 19.1 Å². The largest absolute Gasteiger partial charge is 0.493 e. The topological polar surface area (TPSA) is 61.6 Å². The molecule has 1 rings (SSSR count). The summed E-state index contributed by atoms with van der Waals surface area (Å²) in [6, 6.07) is 3.48. The van der Waals surface area contributed by atoms with E-state index in [1.807, 2.05) is 6.92 Å². The van der Waals surface area contributed by atoms with Crippen molar-refractivity contribution in [1.82, 2.24) is 0 Å². The van der Waals surface area contributed by atoms with Gasteiger partial charge in [-0.3, -0.25) is 10.1 Å². The highest BCUT2D eigenvalue weighted by molar-refractivity contribution is 5.58. The Kier molecular flexibility index (Phi) is 3.88. The lowest BCUT2D eigenvalue weighted by Gasteiger charge is -2.10. The van der Waals surface area contributed by atoms with Gasteiger partial charge in [-0.25, -0.2) is 0 Å². The van der Waals surface area contributed by atoms with Gasteiger partial charge in [0, 0.05) is 6.08 Å². The number of nitro groups is 1. The first-order valence-corrected chi connectivity index (χ1v) is 4.62. The van der Waals surface area contributed by atoms with Crippen LogP contribution in [0.3, 0.4) is 0 Å². The molecule has 0 aromatic heterocycles. The third kappa shape index (κ3) is 2.73. The van der Waals surface area contributed by atoms with Gasteiger partial charge < -0.3 is 9.47 Å². The van der Waals surface area contributed by atoms with Crippen LogP contribution >= 0.6 is 0 Å². The second-order valence-corrected chi connectivity index (χ2v) is 3.17. The van der Waals surface area contributed by atoms with Crippen LogP contribution in [0.2, 0.25) is 0 Å². The van der Waals surface area contributed by atoms with Crippen molar-refractivity contribution in [1.29, 1.82) is 0 Å². The van der Waals surface area contributed by atoms with Crippen molar-refractivity contribution >= 4 is 6.08 Å². The monoisotopic (exact) mass is 223 g/mol. The lowest BCUT2D eigenvalue weighted by Crippen LogP contribution is -1.94. The van der Waals surface area contributed by atoms with Crippen LogP contribution < -0.4 is 9.47 Å². The highest BCUT2D eigenvalue weighted by Crippen LogP contribution is 2.32. The summed E-state index contributed by atoms with van der Waals surface area (Å²) in [5, 5.41) is 10.2. The number of hydrogen-bond donors (Lipinski definition) is 0. The van der Waals surface area contributed by atoms with E-state index >= 15 is 0 Å². The molecule has 0 N–H and O–H groups in total. The van der Waals surface area contributed by atoms with Crippen LogP contribution in [0.25, 0.3) is 6.08 Å². The second-order valence-electron chi connectivity index (χ2n) is 3.17. The van der Waals surface area contributed by atoms with Crippen LogP contribution in [-0.4, -0.2) is 19.1 Å². The predicted molar refractivity (Wildman–Crippen MR) is 60.3 cm³/mol. The summed E-state index contributed by atoms with van der Waals surface area (Å²) in [6.07, 6.45) is 2.30. The Bertz CT molecular complexity index is 426. The maximum Gasteiger partial charge on any atom is 0.235 e. The zero-order valence-electron chi connectivity index (χ0n) is 9.39. The molecule has 0 unspecified atom stereocenters. The standard InChI is InChI=1S/C11H13NO4/c1-8-6-9(4-5-12(13)14)7-10(15-2)11(8)16-3/h4-7H,1-3H3. The minimum Gasteiger partial charge on any atom is -0.493 e. The molecule has 0 aliphatic carbocycles. The molecule has 16 heavy (non-hydrogen) atoms. The van der Waals surface area contributed by atoms with Gasteiger partial charge in [0.1, 0.15) is 0 Å². The Hall–Kier alpha value is -2.04. The Morgan fingerprint density at radius 2 is 2.00 bits per heavy atom. The van der Waals surface area contributed by atoms with Crippen molar-refractivity contribution in [3.8, 4) is 11.5 Å². The Morgan fingerprint density at radius 1 is 1.31 bits per heavy atom. The van der Waals surface area contributed by atoms with Gasteiger partial charge in [0.15, 0.2) is 11.5 Å². The smallest absolute Gasteiger partial charge is 0.235 e. The molecule has 0 saturated carbocycles. The summed E-state index contributed by atoms with van der Waals surface area (Å²) in [7, 11) is 3.08. The number of hydrogen-bond acceptors (Lipinski definition) is 4. The van der Waals surface area contributed by atoms with E-state index in [2.05, 4.69) is 0 Å². The zero-order chi connectivity index (χ0) is 12.1. The van der Waals surface area contributed by atoms with Gasteiger partial charge in [-0.2, -0.15) is 0 Å². The molecule has 0 saturated heterocycles. The van der Waals surface area contributed by atoms with E-state index in [0.717, 1.165) is 11.8 Å². The van der Waals surface area contributed by atoms with E-state index in [4.69, 9.17) is 9.47 Å². The maximum atomic E-state index is 10.2. The minimum absolute atomic E-state index is 0.508. The molecule has 1 aromatic rings. The molecule has 0 fully saturated rings. The molecule has 0 bridgehead atoms. The van der Waals surface area contributed by atoms with E-state index < -0.39 is 4.92 Å². The van der Waals surface area contributed by atoms with Crippen molar-refractivity contribution < 1.29 is 14.4 Å². The van der Waals surface area contributed by atoms with Crippen LogP contribution in [0, 0.1) is 17.0 Å². The molecule has 5 nitrogen and oxygen atoms in total. The summed E-state index contributed by atoms with van der Waals surface area (Å²) >= 11 is 0. The molecule has 0 heterocycles. The van der Waals surface area contributed by atoms with Crippen molar-refractivity contribution in [3.63, 3.8) is 0 Å². The fourth-order valence-corrected chi connectivity index (χ4v) is 1.42. The molecule has 5 heteroatoms. The molecule has 0 amide bonds. The Morgan fingerprint density at radius 3 is 2.50 bits per heavy atom. The molecular formula is C11H13NO4. The molecule has 0 aliphatic heterocycles. The molecule has 0 atom stereocenters. The van der Waals surface area contributed by atoms with Gasteiger partial charge in [-0.05, 0) is 30.2 Å². The number of aryl methyl sites for hydroxylation is 1. The van der Waals surface area contributed by atoms with Crippen molar-refractivity contribution in [3.05, 3.63) is 39.6 Å². The molecule has 1 aromatic carbocycles. The van der Waals surface area contributed by atoms with Crippen LogP contribution in [0.15, 0.2) is 18.3 Å². The summed E-state index contributed by atoms with van der Waals surface area (Å²) in [5.74, 6) is 1.20. The van der Waals surface area contributed by atoms with Crippen LogP contribution in [-0.2, 0) is 0 Å². The summed E-state index contributed by atoms with van der Waals surface area (Å²) < 4.78 is 10.3. The second kappa shape index (κ2) is 5.16. The van der Waals surface area contributed by atoms with Gasteiger partial charge in [0.2, 0.25) is 6.20 Å². The van der Waals surface area contributed by atoms with Gasteiger partial charge in [-0.15, -0.1) is 0 Å². The normalized spacial score (nSPS) is 10.4. The van der Waals surface area contributed by atoms with E-state index in [1.165, 1.54) is 13.2 Å². The van der Waals surface area contributed by atoms with Crippen molar-refractivity contribution in [2.45, 2.75) is 6.92 Å². The maximum absolute atomic E-state index is 10.2. The van der Waals surface area contributed by atoms with E-state index in [-0.39, 0.29) is 0 Å². The SMILES string of the molecule is COc1cc(C=C[N+](=O)[O-])cc(C)c1OC. The highest BCUT2D eigenvalue weighted by atomic mass is 16.6. The van der Waals surface area contributed by atoms with Gasteiger partial charge in [-0.1, -0.05) is 0 Å². The van der Waals surface area contributed by atoms with Gasteiger partial charge in [0.25, 0.3) is 0 Å². The van der Waals surface area contributed by atoms with E-state index in [9.17, 15) is 10.1 Å². The van der Waals surface area contributed by atoms with E-state index in [1.54, 1.807) is 19.2 Å². The van der Waals surface area contributed by atoms with Crippen LogP contribution in [0.4, 0.5) is 0 Å². The first-order valence-electron chi connectivity index (χ1n) is 4.62. The van der Waals surface area contributed by atoms with Crippen LogP contribution in [0.5, 0.6) is 11.5 Å².